The lowest BCUT2D eigenvalue weighted by molar-refractivity contribution is -0.160. The normalized spacial score (nSPS) is 25.4. The molecule has 3 N–H and O–H groups in total. The zero-order chi connectivity index (χ0) is 17.4. The number of amides is 1. The van der Waals surface area contributed by atoms with E-state index >= 15 is 0 Å². The monoisotopic (exact) mass is 358 g/mol. The highest BCUT2D eigenvalue weighted by molar-refractivity contribution is 6.30. The number of halogens is 3. The molecule has 7 heteroatoms. The fourth-order valence-electron chi connectivity index (χ4n) is 3.72. The number of ether oxygens (including phenoxy) is 1. The molecule has 1 aliphatic heterocycles. The van der Waals surface area contributed by atoms with E-state index in [0.717, 1.165) is 5.56 Å². The molecule has 1 amide bonds. The summed E-state index contributed by atoms with van der Waals surface area (Å²) in [6, 6.07) is 6.68. The Kier molecular flexibility index (Phi) is 4.82. The number of hydrogen-bond donors (Lipinski definition) is 2. The number of hydrogen-bond acceptors (Lipinski definition) is 3. The summed E-state index contributed by atoms with van der Waals surface area (Å²) in [7, 11) is 0. The van der Waals surface area contributed by atoms with Gasteiger partial charge in [-0.1, -0.05) is 23.7 Å². The predicted octanol–water partition coefficient (Wildman–Crippen LogP) is 2.53. The fourth-order valence-corrected chi connectivity index (χ4v) is 3.85. The van der Waals surface area contributed by atoms with E-state index in [4.69, 9.17) is 22.1 Å². The number of primary amides is 1. The molecule has 2 aliphatic rings. The molecule has 2 fully saturated rings. The maximum absolute atomic E-state index is 13.1. The van der Waals surface area contributed by atoms with Crippen molar-refractivity contribution in [2.24, 2.45) is 11.1 Å². The molecule has 1 saturated carbocycles. The summed E-state index contributed by atoms with van der Waals surface area (Å²) < 4.78 is 31.9. The van der Waals surface area contributed by atoms with Gasteiger partial charge in [-0.15, -0.1) is 0 Å². The van der Waals surface area contributed by atoms with Crippen molar-refractivity contribution in [3.63, 3.8) is 0 Å². The van der Waals surface area contributed by atoms with Crippen molar-refractivity contribution in [1.29, 1.82) is 0 Å². The number of alkyl halides is 2. The first kappa shape index (κ1) is 17.6. The van der Waals surface area contributed by atoms with Crippen LogP contribution in [0, 0.1) is 5.41 Å². The third-order valence-corrected chi connectivity index (χ3v) is 5.09. The highest BCUT2D eigenvalue weighted by atomic mass is 35.5. The molecule has 1 aromatic carbocycles. The molecule has 1 aromatic rings. The molecular formula is C17H21ClF2N2O2. The average Bonchev–Trinajstić information content (AvgIpc) is 2.87. The van der Waals surface area contributed by atoms with Crippen molar-refractivity contribution in [2.45, 2.75) is 43.8 Å². The molecule has 0 aromatic heterocycles. The zero-order valence-corrected chi connectivity index (χ0v) is 14.0. The number of nitrogens with one attached hydrogen (secondary N) is 1. The van der Waals surface area contributed by atoms with Crippen LogP contribution in [0.3, 0.4) is 0 Å². The summed E-state index contributed by atoms with van der Waals surface area (Å²) in [6.45, 7) is 0.794. The molecule has 24 heavy (non-hydrogen) atoms. The van der Waals surface area contributed by atoms with Crippen LogP contribution in [0.4, 0.5) is 8.78 Å². The first-order valence-electron chi connectivity index (χ1n) is 8.04. The van der Waals surface area contributed by atoms with Crippen molar-refractivity contribution >= 4 is 17.5 Å². The fraction of sp³-hybridized carbons (Fsp3) is 0.588. The molecule has 2 atom stereocenters. The number of carbonyl (C=O) groups is 1. The molecule has 1 heterocycles. The SMILES string of the molecule is NC(=O)C(Cc1ccc(Cl)cc1)NCC1CC2(CO1)CC(F)(F)C2. The van der Waals surface area contributed by atoms with Gasteiger partial charge in [0.25, 0.3) is 0 Å². The maximum Gasteiger partial charge on any atom is 0.249 e. The van der Waals surface area contributed by atoms with Gasteiger partial charge in [0.15, 0.2) is 0 Å². The van der Waals surface area contributed by atoms with E-state index in [1.54, 1.807) is 12.1 Å². The summed E-state index contributed by atoms with van der Waals surface area (Å²) in [5, 5.41) is 3.74. The second-order valence-corrected chi connectivity index (χ2v) is 7.48. The van der Waals surface area contributed by atoms with Crippen LogP contribution >= 0.6 is 11.6 Å². The van der Waals surface area contributed by atoms with Crippen LogP contribution in [0.2, 0.25) is 5.02 Å². The van der Waals surface area contributed by atoms with Gasteiger partial charge < -0.3 is 15.8 Å². The Morgan fingerprint density at radius 3 is 2.62 bits per heavy atom. The van der Waals surface area contributed by atoms with E-state index < -0.39 is 17.9 Å². The van der Waals surface area contributed by atoms with E-state index in [1.165, 1.54) is 0 Å². The van der Waals surface area contributed by atoms with Gasteiger partial charge in [0.2, 0.25) is 11.8 Å². The Bertz CT molecular complexity index is 601. The van der Waals surface area contributed by atoms with Crippen molar-refractivity contribution in [2.75, 3.05) is 13.2 Å². The Morgan fingerprint density at radius 1 is 1.38 bits per heavy atom. The van der Waals surface area contributed by atoms with Crippen LogP contribution in [-0.4, -0.2) is 37.1 Å². The van der Waals surface area contributed by atoms with Crippen LogP contribution in [0.5, 0.6) is 0 Å². The van der Waals surface area contributed by atoms with E-state index in [0.29, 0.717) is 31.0 Å². The predicted molar refractivity (Wildman–Crippen MR) is 87.1 cm³/mol. The second kappa shape index (κ2) is 6.58. The van der Waals surface area contributed by atoms with Gasteiger partial charge in [0, 0.05) is 29.8 Å². The van der Waals surface area contributed by atoms with E-state index in [1.807, 2.05) is 12.1 Å². The number of carbonyl (C=O) groups excluding carboxylic acids is 1. The molecular weight excluding hydrogens is 338 g/mol. The smallest absolute Gasteiger partial charge is 0.249 e. The summed E-state index contributed by atoms with van der Waals surface area (Å²) in [5.41, 5.74) is 6.02. The molecule has 1 aliphatic carbocycles. The summed E-state index contributed by atoms with van der Waals surface area (Å²) in [5.74, 6) is -3.00. The lowest BCUT2D eigenvalue weighted by Crippen LogP contribution is -2.47. The molecule has 132 valence electrons. The van der Waals surface area contributed by atoms with Crippen molar-refractivity contribution in [3.8, 4) is 0 Å². The van der Waals surface area contributed by atoms with Gasteiger partial charge in [-0.2, -0.15) is 0 Å². The molecule has 0 bridgehead atoms. The topological polar surface area (TPSA) is 64.4 Å². The minimum absolute atomic E-state index is 0.0967. The highest BCUT2D eigenvalue weighted by Gasteiger charge is 2.59. The van der Waals surface area contributed by atoms with Gasteiger partial charge in [-0.3, -0.25) is 4.79 Å². The molecule has 0 radical (unpaired) electrons. The standard InChI is InChI=1S/C17H21ClF2N2O2/c18-12-3-1-11(2-4-12)5-14(15(21)23)22-7-13-6-16(10-24-13)8-17(19,20)9-16/h1-4,13-14,22H,5-10H2,(H2,21,23). The van der Waals surface area contributed by atoms with Gasteiger partial charge in [-0.25, -0.2) is 8.78 Å². The van der Waals surface area contributed by atoms with Gasteiger partial charge in [0.05, 0.1) is 18.8 Å². The summed E-state index contributed by atoms with van der Waals surface area (Å²) >= 11 is 5.85. The molecule has 1 spiro atoms. The third-order valence-electron chi connectivity index (χ3n) is 4.84. The van der Waals surface area contributed by atoms with Gasteiger partial charge in [0.1, 0.15) is 0 Å². The van der Waals surface area contributed by atoms with Gasteiger partial charge in [-0.05, 0) is 30.5 Å². The number of nitrogens with two attached hydrogens (primary N) is 1. The van der Waals surface area contributed by atoms with E-state index in [2.05, 4.69) is 5.32 Å². The Hall–Kier alpha value is -1.24. The van der Waals surface area contributed by atoms with E-state index in [9.17, 15) is 13.6 Å². The van der Waals surface area contributed by atoms with Crippen LogP contribution in [0.25, 0.3) is 0 Å². The van der Waals surface area contributed by atoms with E-state index in [-0.39, 0.29) is 24.4 Å². The minimum atomic E-state index is -2.55. The van der Waals surface area contributed by atoms with Crippen LogP contribution in [0.15, 0.2) is 24.3 Å². The number of rotatable bonds is 6. The van der Waals surface area contributed by atoms with Crippen LogP contribution in [0.1, 0.15) is 24.8 Å². The van der Waals surface area contributed by atoms with Crippen LogP contribution < -0.4 is 11.1 Å². The summed E-state index contributed by atoms with van der Waals surface area (Å²) in [4.78, 5) is 11.6. The first-order valence-corrected chi connectivity index (χ1v) is 8.41. The highest BCUT2D eigenvalue weighted by Crippen LogP contribution is 2.57. The molecule has 2 unspecified atom stereocenters. The van der Waals surface area contributed by atoms with Crippen molar-refractivity contribution in [1.82, 2.24) is 5.32 Å². The minimum Gasteiger partial charge on any atom is -0.376 e. The largest absolute Gasteiger partial charge is 0.376 e. The molecule has 1 saturated heterocycles. The zero-order valence-electron chi connectivity index (χ0n) is 13.2. The molecule has 4 nitrogen and oxygen atoms in total. The van der Waals surface area contributed by atoms with Crippen LogP contribution in [-0.2, 0) is 16.0 Å². The Labute approximate surface area is 144 Å². The lowest BCUT2D eigenvalue weighted by Gasteiger charge is -2.43. The quantitative estimate of drug-likeness (QED) is 0.821. The Balaban J connectivity index is 1.50. The third kappa shape index (κ3) is 4.05. The second-order valence-electron chi connectivity index (χ2n) is 7.04. The van der Waals surface area contributed by atoms with Crippen molar-refractivity contribution < 1.29 is 18.3 Å². The lowest BCUT2D eigenvalue weighted by atomic mass is 9.65. The van der Waals surface area contributed by atoms with Gasteiger partial charge >= 0.3 is 0 Å². The summed E-state index contributed by atoms with van der Waals surface area (Å²) in [6.07, 6.45) is 0.694. The number of benzene rings is 1. The van der Waals surface area contributed by atoms with Crippen molar-refractivity contribution in [3.05, 3.63) is 34.9 Å². The maximum atomic E-state index is 13.1. The molecule has 3 rings (SSSR count). The Morgan fingerprint density at radius 2 is 2.04 bits per heavy atom. The first-order chi connectivity index (χ1) is 11.3. The average molecular weight is 359 g/mol.